The molecule has 3 heterocycles. The van der Waals surface area contributed by atoms with Gasteiger partial charge >= 0.3 is 0 Å². The molecule has 6 heteroatoms. The summed E-state index contributed by atoms with van der Waals surface area (Å²) >= 11 is 0. The van der Waals surface area contributed by atoms with Crippen LogP contribution < -0.4 is 5.32 Å². The van der Waals surface area contributed by atoms with Crippen molar-refractivity contribution in [3.8, 4) is 6.07 Å². The summed E-state index contributed by atoms with van der Waals surface area (Å²) in [5.41, 5.74) is 4.01. The second-order valence-electron chi connectivity index (χ2n) is 7.85. The van der Waals surface area contributed by atoms with Crippen LogP contribution in [0.3, 0.4) is 0 Å². The van der Waals surface area contributed by atoms with Crippen molar-refractivity contribution in [3.63, 3.8) is 0 Å². The minimum Gasteiger partial charge on any atom is -0.347 e. The molecule has 28 heavy (non-hydrogen) atoms. The molecular weight excluding hydrogens is 370 g/mol. The average Bonchev–Trinajstić information content (AvgIpc) is 2.87. The van der Waals surface area contributed by atoms with Gasteiger partial charge in [-0.2, -0.15) is 5.26 Å². The molecule has 3 aromatic rings. The predicted octanol–water partition coefficient (Wildman–Crippen LogP) is 3.48. The lowest BCUT2D eigenvalue weighted by Crippen LogP contribution is -2.30. The van der Waals surface area contributed by atoms with Crippen molar-refractivity contribution in [2.24, 2.45) is 13.0 Å². The molecule has 2 atom stereocenters. The Morgan fingerprint density at radius 2 is 1.96 bits per heavy atom. The maximum Gasteiger partial charge on any atom is 0.206 e. The van der Waals surface area contributed by atoms with Gasteiger partial charge in [-0.25, -0.2) is 8.42 Å². The van der Waals surface area contributed by atoms with Gasteiger partial charge in [-0.3, -0.25) is 0 Å². The van der Waals surface area contributed by atoms with Crippen molar-refractivity contribution in [1.82, 2.24) is 9.88 Å². The van der Waals surface area contributed by atoms with Gasteiger partial charge in [0.2, 0.25) is 9.84 Å². The molecule has 6 rings (SSSR count). The molecular formula is C22H21N3O2S. The first-order chi connectivity index (χ1) is 13.5. The molecule has 1 aliphatic carbocycles. The molecule has 1 N–H and O–H groups in total. The molecule has 1 aromatic heterocycles. The smallest absolute Gasteiger partial charge is 0.206 e. The summed E-state index contributed by atoms with van der Waals surface area (Å²) in [5, 5.41) is 13.8. The van der Waals surface area contributed by atoms with E-state index in [1.165, 1.54) is 23.7 Å². The monoisotopic (exact) mass is 391 g/mol. The molecule has 0 spiro atoms. The molecule has 1 fully saturated rings. The van der Waals surface area contributed by atoms with Gasteiger partial charge in [0.05, 0.1) is 21.4 Å². The van der Waals surface area contributed by atoms with E-state index in [1.54, 1.807) is 24.3 Å². The fourth-order valence-corrected chi connectivity index (χ4v) is 6.12. The van der Waals surface area contributed by atoms with Crippen molar-refractivity contribution in [3.05, 3.63) is 59.3 Å². The standard InChI is InChI=1S/C22H21N3O2S/c1-25-20-8-6-17(28(26,27)16-4-2-3-14(9-16)12-23)11-18(20)22-19-7-5-15(13-24-19)10-21(22)25/h2-4,6,8-9,11,15,19,24H,5,7,10,13H2,1H3. The number of sulfone groups is 1. The average molecular weight is 391 g/mol. The Bertz CT molecular complexity index is 1240. The van der Waals surface area contributed by atoms with Gasteiger partial charge < -0.3 is 9.88 Å². The summed E-state index contributed by atoms with van der Waals surface area (Å²) in [5.74, 6) is 0.650. The summed E-state index contributed by atoms with van der Waals surface area (Å²) in [6, 6.07) is 13.9. The van der Waals surface area contributed by atoms with E-state index in [4.69, 9.17) is 5.26 Å². The molecule has 2 bridgehead atoms. The number of nitrogens with one attached hydrogen (secondary N) is 1. The van der Waals surface area contributed by atoms with Gasteiger partial charge in [-0.1, -0.05) is 6.07 Å². The van der Waals surface area contributed by atoms with Crippen LogP contribution in [0.15, 0.2) is 52.3 Å². The summed E-state index contributed by atoms with van der Waals surface area (Å²) in [4.78, 5) is 0.439. The van der Waals surface area contributed by atoms with Gasteiger partial charge in [0, 0.05) is 29.7 Å². The highest BCUT2D eigenvalue weighted by molar-refractivity contribution is 7.91. The number of rotatable bonds is 2. The van der Waals surface area contributed by atoms with Crippen LogP contribution in [-0.2, 0) is 23.3 Å². The number of aromatic nitrogens is 1. The van der Waals surface area contributed by atoms with Crippen LogP contribution in [-0.4, -0.2) is 19.5 Å². The number of piperidine rings is 1. The molecule has 142 valence electrons. The highest BCUT2D eigenvalue weighted by Gasteiger charge is 2.33. The van der Waals surface area contributed by atoms with Crippen LogP contribution in [0.25, 0.3) is 10.9 Å². The lowest BCUT2D eigenvalue weighted by atomic mass is 9.95. The van der Waals surface area contributed by atoms with E-state index in [2.05, 4.69) is 16.9 Å². The maximum absolute atomic E-state index is 13.2. The van der Waals surface area contributed by atoms with Gasteiger partial charge in [-0.15, -0.1) is 0 Å². The maximum atomic E-state index is 13.2. The predicted molar refractivity (Wildman–Crippen MR) is 107 cm³/mol. The van der Waals surface area contributed by atoms with E-state index in [1.807, 2.05) is 18.2 Å². The van der Waals surface area contributed by atoms with E-state index in [-0.39, 0.29) is 15.8 Å². The first-order valence-corrected chi connectivity index (χ1v) is 11.1. The van der Waals surface area contributed by atoms with Crippen LogP contribution >= 0.6 is 0 Å². The lowest BCUT2D eigenvalue weighted by molar-refractivity contribution is 0.332. The quantitative estimate of drug-likeness (QED) is 0.726. The molecule has 0 radical (unpaired) electrons. The number of nitrogens with zero attached hydrogens (tertiary/aromatic N) is 2. The number of fused-ring (bicyclic) bond motifs is 3. The van der Waals surface area contributed by atoms with E-state index in [0.717, 1.165) is 30.3 Å². The van der Waals surface area contributed by atoms with Crippen molar-refractivity contribution >= 4 is 20.7 Å². The van der Waals surface area contributed by atoms with Crippen molar-refractivity contribution in [1.29, 1.82) is 5.26 Å². The molecule has 2 aliphatic heterocycles. The molecule has 5 nitrogen and oxygen atoms in total. The summed E-state index contributed by atoms with van der Waals surface area (Å²) in [7, 11) is -1.60. The topological polar surface area (TPSA) is 74.9 Å². The molecule has 3 aliphatic rings. The molecule has 2 unspecified atom stereocenters. The fourth-order valence-electron chi connectivity index (χ4n) is 4.79. The third-order valence-electron chi connectivity index (χ3n) is 6.27. The zero-order valence-corrected chi connectivity index (χ0v) is 16.5. The largest absolute Gasteiger partial charge is 0.347 e. The van der Waals surface area contributed by atoms with Crippen LogP contribution in [0.2, 0.25) is 0 Å². The molecule has 0 saturated carbocycles. The van der Waals surface area contributed by atoms with Gasteiger partial charge in [0.1, 0.15) is 0 Å². The Morgan fingerprint density at radius 3 is 2.71 bits per heavy atom. The van der Waals surface area contributed by atoms with Crippen molar-refractivity contribution in [2.75, 3.05) is 6.54 Å². The number of nitriles is 1. The van der Waals surface area contributed by atoms with Crippen LogP contribution in [0.4, 0.5) is 0 Å². The SMILES string of the molecule is Cn1c2c(c3cc(S(=O)(=O)c4cccc(C#N)c4)ccc31)C1CCC(CN1)C2. The Balaban J connectivity index is 1.70. The van der Waals surface area contributed by atoms with E-state index in [9.17, 15) is 8.42 Å². The summed E-state index contributed by atoms with van der Waals surface area (Å²) in [6.45, 7) is 1.03. The van der Waals surface area contributed by atoms with Crippen LogP contribution in [0.1, 0.15) is 35.7 Å². The molecule has 1 saturated heterocycles. The van der Waals surface area contributed by atoms with Crippen molar-refractivity contribution < 1.29 is 8.42 Å². The normalized spacial score (nSPS) is 21.3. The van der Waals surface area contributed by atoms with Crippen molar-refractivity contribution in [2.45, 2.75) is 35.1 Å². The minimum absolute atomic E-state index is 0.159. The van der Waals surface area contributed by atoms with Gasteiger partial charge in [0.25, 0.3) is 0 Å². The molecule has 0 amide bonds. The third kappa shape index (κ3) is 2.50. The van der Waals surface area contributed by atoms with Crippen LogP contribution in [0.5, 0.6) is 0 Å². The first-order valence-electron chi connectivity index (χ1n) is 9.59. The number of hydrogen-bond acceptors (Lipinski definition) is 4. The van der Waals surface area contributed by atoms with E-state index < -0.39 is 9.84 Å². The Labute approximate surface area is 164 Å². The minimum atomic E-state index is -3.68. The Kier molecular flexibility index (Phi) is 3.87. The first kappa shape index (κ1) is 17.5. The van der Waals surface area contributed by atoms with Gasteiger partial charge in [-0.05, 0) is 73.7 Å². The highest BCUT2D eigenvalue weighted by Crippen LogP contribution is 2.41. The zero-order chi connectivity index (χ0) is 19.5. The summed E-state index contributed by atoms with van der Waals surface area (Å²) < 4.78 is 28.7. The van der Waals surface area contributed by atoms with Gasteiger partial charge in [0.15, 0.2) is 0 Å². The number of benzene rings is 2. The Morgan fingerprint density at radius 1 is 1.14 bits per heavy atom. The fraction of sp³-hybridized carbons (Fsp3) is 0.318. The highest BCUT2D eigenvalue weighted by atomic mass is 32.2. The zero-order valence-electron chi connectivity index (χ0n) is 15.6. The third-order valence-corrected chi connectivity index (χ3v) is 8.02. The van der Waals surface area contributed by atoms with E-state index >= 15 is 0 Å². The number of aryl methyl sites for hydroxylation is 1. The summed E-state index contributed by atoms with van der Waals surface area (Å²) in [6.07, 6.45) is 3.35. The van der Waals surface area contributed by atoms with E-state index in [0.29, 0.717) is 11.5 Å². The lowest BCUT2D eigenvalue weighted by Gasteiger charge is -2.25. The second kappa shape index (κ2) is 6.20. The Hall–Kier alpha value is -2.62. The molecule has 2 aromatic carbocycles. The van der Waals surface area contributed by atoms with Crippen LogP contribution in [0, 0.1) is 17.2 Å². The number of hydrogen-bond donors (Lipinski definition) is 1. The second-order valence-corrected chi connectivity index (χ2v) is 9.80.